The highest BCUT2D eigenvalue weighted by atomic mass is 32.1. The van der Waals surface area contributed by atoms with E-state index in [1.54, 1.807) is 18.2 Å². The summed E-state index contributed by atoms with van der Waals surface area (Å²) in [5.41, 5.74) is 0.542. The van der Waals surface area contributed by atoms with Crippen LogP contribution >= 0.6 is 12.2 Å². The molecule has 0 radical (unpaired) electrons. The van der Waals surface area contributed by atoms with Crippen molar-refractivity contribution in [2.24, 2.45) is 0 Å². The van der Waals surface area contributed by atoms with Crippen LogP contribution in [0.25, 0.3) is 0 Å². The molecule has 0 saturated carbocycles. The molecule has 1 aromatic carbocycles. The molecule has 2 aliphatic rings. The number of nitrogens with one attached hydrogen (secondary N) is 2. The number of thiocarbonyl (C=S) groups is 1. The van der Waals surface area contributed by atoms with Gasteiger partial charge in [0, 0.05) is 31.7 Å². The van der Waals surface area contributed by atoms with Crippen LogP contribution in [0, 0.1) is 11.3 Å². The number of hydrogen-bond donors (Lipinski definition) is 3. The molecule has 6 nitrogen and oxygen atoms in total. The van der Waals surface area contributed by atoms with Crippen molar-refractivity contribution in [1.29, 1.82) is 5.26 Å². The fraction of sp³-hybridized carbons (Fsp3) is 0.529. The van der Waals surface area contributed by atoms with Gasteiger partial charge in [-0.1, -0.05) is 0 Å². The van der Waals surface area contributed by atoms with Crippen molar-refractivity contribution >= 4 is 17.3 Å². The van der Waals surface area contributed by atoms with E-state index in [0.29, 0.717) is 16.4 Å². The van der Waals surface area contributed by atoms with Gasteiger partial charge >= 0.3 is 0 Å². The molecular formula is C17H22N4O2S. The summed E-state index contributed by atoms with van der Waals surface area (Å²) < 4.78 is 5.92. The summed E-state index contributed by atoms with van der Waals surface area (Å²) in [6.07, 6.45) is -0.792. The van der Waals surface area contributed by atoms with E-state index in [9.17, 15) is 5.11 Å². The van der Waals surface area contributed by atoms with Crippen LogP contribution in [-0.2, 0) is 0 Å². The third-order valence-corrected chi connectivity index (χ3v) is 4.93. The van der Waals surface area contributed by atoms with E-state index >= 15 is 0 Å². The van der Waals surface area contributed by atoms with Crippen molar-refractivity contribution in [1.82, 2.24) is 15.5 Å². The average molecular weight is 346 g/mol. The lowest BCUT2D eigenvalue weighted by Crippen LogP contribution is -2.57. The van der Waals surface area contributed by atoms with Crippen molar-refractivity contribution in [3.8, 4) is 11.8 Å². The van der Waals surface area contributed by atoms with E-state index in [1.807, 2.05) is 13.8 Å². The minimum atomic E-state index is -0.792. The molecule has 2 atom stereocenters. The summed E-state index contributed by atoms with van der Waals surface area (Å²) in [5, 5.41) is 27.2. The lowest BCUT2D eigenvalue weighted by molar-refractivity contribution is -0.0614. The van der Waals surface area contributed by atoms with Gasteiger partial charge in [-0.05, 0) is 44.3 Å². The lowest BCUT2D eigenvalue weighted by atomic mass is 9.86. The highest BCUT2D eigenvalue weighted by Gasteiger charge is 2.43. The van der Waals surface area contributed by atoms with Gasteiger partial charge in [-0.25, -0.2) is 0 Å². The van der Waals surface area contributed by atoms with E-state index in [4.69, 9.17) is 22.2 Å². The zero-order valence-corrected chi connectivity index (χ0v) is 14.7. The predicted molar refractivity (Wildman–Crippen MR) is 94.8 cm³/mol. The van der Waals surface area contributed by atoms with E-state index in [1.165, 1.54) is 0 Å². The van der Waals surface area contributed by atoms with E-state index in [2.05, 4.69) is 21.6 Å². The topological polar surface area (TPSA) is 80.5 Å². The van der Waals surface area contributed by atoms with Gasteiger partial charge in [0.2, 0.25) is 0 Å². The highest BCUT2D eigenvalue weighted by molar-refractivity contribution is 7.80. The van der Waals surface area contributed by atoms with Crippen LogP contribution in [-0.4, -0.2) is 53.0 Å². The second-order valence-corrected chi connectivity index (χ2v) is 7.07. The third-order valence-electron chi connectivity index (χ3n) is 4.56. The highest BCUT2D eigenvalue weighted by Crippen LogP contribution is 2.40. The maximum Gasteiger partial charge on any atom is 0.169 e. The Balaban J connectivity index is 1.90. The molecule has 2 heterocycles. The Labute approximate surface area is 147 Å². The Bertz CT molecular complexity index is 680. The molecule has 24 heavy (non-hydrogen) atoms. The molecule has 1 fully saturated rings. The average Bonchev–Trinajstić information content (AvgIpc) is 2.59. The number of aliphatic hydroxyl groups excluding tert-OH is 1. The Hall–Kier alpha value is -1.88. The Morgan fingerprint density at radius 2 is 2.17 bits per heavy atom. The number of piperazine rings is 1. The quantitative estimate of drug-likeness (QED) is 0.652. The molecule has 0 bridgehead atoms. The first-order chi connectivity index (χ1) is 11.4. The first-order valence-electron chi connectivity index (χ1n) is 8.09. The second kappa shape index (κ2) is 6.55. The number of rotatable bonds is 1. The minimum Gasteiger partial charge on any atom is -0.485 e. The Kier molecular flexibility index (Phi) is 4.63. The molecule has 3 rings (SSSR count). The van der Waals surface area contributed by atoms with Crippen molar-refractivity contribution < 1.29 is 9.84 Å². The van der Waals surface area contributed by atoms with Crippen LogP contribution in [0.1, 0.15) is 31.0 Å². The first-order valence-corrected chi connectivity index (χ1v) is 8.50. The molecule has 3 N–H and O–H groups in total. The molecule has 2 aliphatic heterocycles. The molecule has 0 spiro atoms. The summed E-state index contributed by atoms with van der Waals surface area (Å²) in [7, 11) is 0. The van der Waals surface area contributed by atoms with Gasteiger partial charge < -0.3 is 25.4 Å². The lowest BCUT2D eigenvalue weighted by Gasteiger charge is -2.43. The zero-order chi connectivity index (χ0) is 17.3. The molecule has 0 amide bonds. The van der Waals surface area contributed by atoms with Gasteiger partial charge in [-0.2, -0.15) is 5.26 Å². The number of aliphatic hydroxyl groups is 1. The monoisotopic (exact) mass is 346 g/mol. The second-order valence-electron chi connectivity index (χ2n) is 6.68. The van der Waals surface area contributed by atoms with Crippen molar-refractivity contribution in [2.45, 2.75) is 31.6 Å². The Morgan fingerprint density at radius 3 is 2.83 bits per heavy atom. The van der Waals surface area contributed by atoms with E-state index < -0.39 is 17.7 Å². The zero-order valence-electron chi connectivity index (χ0n) is 13.9. The van der Waals surface area contributed by atoms with Crippen molar-refractivity contribution in [3.05, 3.63) is 29.3 Å². The van der Waals surface area contributed by atoms with Gasteiger partial charge in [0.15, 0.2) is 5.11 Å². The van der Waals surface area contributed by atoms with Crippen LogP contribution in [0.5, 0.6) is 5.75 Å². The van der Waals surface area contributed by atoms with E-state index in [-0.39, 0.29) is 0 Å². The standard InChI is InChI=1S/C17H22N4O2S/c1-17(2)15(22)14(20-16(24)21-7-5-19-6-8-21)12-9-11(10-18)3-4-13(12)23-17/h3-4,9,14-15,19,22H,5-8H2,1-2H3,(H,20,24)/t14-,15+/m1/s1. The van der Waals surface area contributed by atoms with Gasteiger partial charge in [0.1, 0.15) is 17.5 Å². The molecular weight excluding hydrogens is 324 g/mol. The third kappa shape index (κ3) is 3.18. The summed E-state index contributed by atoms with van der Waals surface area (Å²) in [6, 6.07) is 6.97. The molecule has 128 valence electrons. The number of nitriles is 1. The van der Waals surface area contributed by atoms with Crippen LogP contribution in [0.2, 0.25) is 0 Å². The fourth-order valence-electron chi connectivity index (χ4n) is 3.12. The molecule has 0 unspecified atom stereocenters. The van der Waals surface area contributed by atoms with Gasteiger partial charge in [-0.15, -0.1) is 0 Å². The van der Waals surface area contributed by atoms with Crippen LogP contribution in [0.4, 0.5) is 0 Å². The van der Waals surface area contributed by atoms with Gasteiger partial charge in [0.05, 0.1) is 17.7 Å². The van der Waals surface area contributed by atoms with Crippen LogP contribution in [0.3, 0.4) is 0 Å². The van der Waals surface area contributed by atoms with Gasteiger partial charge in [-0.3, -0.25) is 0 Å². The maximum atomic E-state index is 10.8. The summed E-state index contributed by atoms with van der Waals surface area (Å²) >= 11 is 5.54. The summed E-state index contributed by atoms with van der Waals surface area (Å²) in [6.45, 7) is 7.14. The maximum absolute atomic E-state index is 10.8. The summed E-state index contributed by atoms with van der Waals surface area (Å²) in [4.78, 5) is 2.09. The fourth-order valence-corrected chi connectivity index (χ4v) is 3.43. The number of benzene rings is 1. The SMILES string of the molecule is CC1(C)Oc2ccc(C#N)cc2[C@@H](NC(=S)N2CCNCC2)[C@@H]1O. The number of hydrogen-bond acceptors (Lipinski definition) is 5. The first kappa shape index (κ1) is 17.0. The smallest absolute Gasteiger partial charge is 0.169 e. The minimum absolute atomic E-state index is 0.417. The van der Waals surface area contributed by atoms with E-state index in [0.717, 1.165) is 31.7 Å². The number of fused-ring (bicyclic) bond motifs is 1. The van der Waals surface area contributed by atoms with Crippen molar-refractivity contribution in [2.75, 3.05) is 26.2 Å². The predicted octanol–water partition coefficient (Wildman–Crippen LogP) is 0.911. The molecule has 1 saturated heterocycles. The normalized spacial score (nSPS) is 25.2. The number of ether oxygens (including phenoxy) is 1. The van der Waals surface area contributed by atoms with Crippen LogP contribution < -0.4 is 15.4 Å². The largest absolute Gasteiger partial charge is 0.485 e. The Morgan fingerprint density at radius 1 is 1.46 bits per heavy atom. The van der Waals surface area contributed by atoms with Crippen LogP contribution in [0.15, 0.2) is 18.2 Å². The van der Waals surface area contributed by atoms with Crippen molar-refractivity contribution in [3.63, 3.8) is 0 Å². The van der Waals surface area contributed by atoms with Gasteiger partial charge in [0.25, 0.3) is 0 Å². The molecule has 1 aromatic rings. The summed E-state index contributed by atoms with van der Waals surface area (Å²) in [5.74, 6) is 0.671. The molecule has 0 aliphatic carbocycles. The molecule has 7 heteroatoms. The molecule has 0 aromatic heterocycles. The number of nitrogens with zero attached hydrogens (tertiary/aromatic N) is 2.